The van der Waals surface area contributed by atoms with Crippen LogP contribution in [0.25, 0.3) is 0 Å². The molecule has 1 rings (SSSR count). The monoisotopic (exact) mass is 105 g/mol. The van der Waals surface area contributed by atoms with Crippen LogP contribution < -0.4 is 0 Å². The van der Waals surface area contributed by atoms with E-state index in [1.165, 1.54) is 0 Å². The molecule has 1 aliphatic carbocycles. The van der Waals surface area contributed by atoms with Crippen LogP contribution in [0.15, 0.2) is 36.5 Å². The summed E-state index contributed by atoms with van der Waals surface area (Å²) in [5, 5.41) is 0. The van der Waals surface area contributed by atoms with E-state index >= 15 is 0 Å². The fourth-order valence-corrected chi connectivity index (χ4v) is 0.585. The van der Waals surface area contributed by atoms with E-state index in [1.807, 2.05) is 18.6 Å². The Bertz CT molecular complexity index is 111. The van der Waals surface area contributed by atoms with Crippen LogP contribution in [0.4, 0.5) is 0 Å². The zero-order valence-electron chi connectivity index (χ0n) is 4.75. The standard InChI is InChI=1S/C8H9/c1-2-4-6-8-7-5-3-1/h1-7H,8H2/q-1. The van der Waals surface area contributed by atoms with E-state index in [0.717, 1.165) is 6.42 Å². The molecule has 0 N–H and O–H groups in total. The molecule has 0 radical (unpaired) electrons. The van der Waals surface area contributed by atoms with Crippen LogP contribution in [0.1, 0.15) is 6.42 Å². The van der Waals surface area contributed by atoms with Gasteiger partial charge < -0.3 is 0 Å². The average molecular weight is 105 g/mol. The van der Waals surface area contributed by atoms with Crippen LogP contribution in [-0.4, -0.2) is 0 Å². The molecule has 0 aromatic heterocycles. The summed E-state index contributed by atoms with van der Waals surface area (Å²) in [4.78, 5) is 0. The van der Waals surface area contributed by atoms with Crippen LogP contribution in [0.5, 0.6) is 0 Å². The Morgan fingerprint density at radius 3 is 3.00 bits per heavy atom. The van der Waals surface area contributed by atoms with E-state index in [4.69, 9.17) is 0 Å². The first-order valence-corrected chi connectivity index (χ1v) is 2.82. The summed E-state index contributed by atoms with van der Waals surface area (Å²) in [6.07, 6.45) is 15.5. The van der Waals surface area contributed by atoms with Gasteiger partial charge in [-0.1, -0.05) is 6.42 Å². The smallest absolute Gasteiger partial charge is 0.0619 e. The van der Waals surface area contributed by atoms with Crippen molar-refractivity contribution in [3.05, 3.63) is 42.9 Å². The lowest BCUT2D eigenvalue weighted by molar-refractivity contribution is 1.37. The van der Waals surface area contributed by atoms with Crippen molar-refractivity contribution in [3.63, 3.8) is 0 Å². The summed E-state index contributed by atoms with van der Waals surface area (Å²) in [6, 6.07) is 0. The summed E-state index contributed by atoms with van der Waals surface area (Å²) < 4.78 is 0. The molecule has 0 saturated heterocycles. The third kappa shape index (κ3) is 1.69. The molecule has 0 heterocycles. The summed E-state index contributed by atoms with van der Waals surface area (Å²) in [7, 11) is 0. The fraction of sp³-hybridized carbons (Fsp3) is 0.125. The third-order valence-corrected chi connectivity index (χ3v) is 0.989. The summed E-state index contributed by atoms with van der Waals surface area (Å²) in [5.41, 5.74) is 0. The maximum absolute atomic E-state index is 2.12. The first-order valence-electron chi connectivity index (χ1n) is 2.82. The van der Waals surface area contributed by atoms with Gasteiger partial charge in [0.05, 0.1) is 0 Å². The van der Waals surface area contributed by atoms with Gasteiger partial charge in [0, 0.05) is 0 Å². The number of rotatable bonds is 0. The minimum Gasteiger partial charge on any atom is -0.176 e. The highest BCUT2D eigenvalue weighted by atomic mass is 13.8. The molecule has 0 aromatic carbocycles. The van der Waals surface area contributed by atoms with Gasteiger partial charge in [-0.25, -0.2) is 0 Å². The van der Waals surface area contributed by atoms with Gasteiger partial charge in [-0.2, -0.15) is 30.7 Å². The topological polar surface area (TPSA) is 0 Å². The zero-order chi connectivity index (χ0) is 5.66. The number of hydrogen-bond donors (Lipinski definition) is 0. The Morgan fingerprint density at radius 1 is 1.00 bits per heavy atom. The van der Waals surface area contributed by atoms with Gasteiger partial charge in [-0.05, 0) is 0 Å². The van der Waals surface area contributed by atoms with Gasteiger partial charge in [-0.15, -0.1) is 12.2 Å². The maximum Gasteiger partial charge on any atom is -0.0619 e. The van der Waals surface area contributed by atoms with Crippen molar-refractivity contribution in [3.8, 4) is 0 Å². The van der Waals surface area contributed by atoms with Gasteiger partial charge >= 0.3 is 0 Å². The second-order valence-electron chi connectivity index (χ2n) is 1.67. The molecule has 8 heavy (non-hydrogen) atoms. The minimum atomic E-state index is 1.06. The van der Waals surface area contributed by atoms with Gasteiger partial charge in [0.25, 0.3) is 0 Å². The molecule has 0 saturated carbocycles. The minimum absolute atomic E-state index is 1.06. The third-order valence-electron chi connectivity index (χ3n) is 0.989. The van der Waals surface area contributed by atoms with Gasteiger partial charge in [-0.3, -0.25) is 0 Å². The number of hydrogen-bond acceptors (Lipinski definition) is 0. The molecule has 42 valence electrons. The Labute approximate surface area is 50.2 Å². The number of allylic oxidation sites excluding steroid dienone is 6. The average Bonchev–Trinajstić information content (AvgIpc) is 1.62. The molecule has 0 spiro atoms. The molecule has 0 bridgehead atoms. The predicted octanol–water partition coefficient (Wildman–Crippen LogP) is 2.26. The van der Waals surface area contributed by atoms with Crippen LogP contribution >= 0.6 is 0 Å². The highest BCUT2D eigenvalue weighted by Gasteiger charge is 1.66. The van der Waals surface area contributed by atoms with Crippen LogP contribution in [0, 0.1) is 6.42 Å². The Hall–Kier alpha value is -0.910. The van der Waals surface area contributed by atoms with E-state index in [-0.39, 0.29) is 0 Å². The molecule has 0 fully saturated rings. The van der Waals surface area contributed by atoms with Crippen molar-refractivity contribution in [2.24, 2.45) is 0 Å². The first kappa shape index (κ1) is 5.23. The van der Waals surface area contributed by atoms with Crippen LogP contribution in [0.3, 0.4) is 0 Å². The summed E-state index contributed by atoms with van der Waals surface area (Å²) in [5.74, 6) is 0. The van der Waals surface area contributed by atoms with E-state index in [1.54, 1.807) is 0 Å². The van der Waals surface area contributed by atoms with E-state index in [9.17, 15) is 0 Å². The second kappa shape index (κ2) is 3.14. The molecule has 0 unspecified atom stereocenters. The molecule has 0 amide bonds. The highest BCUT2D eigenvalue weighted by Crippen LogP contribution is 1.94. The van der Waals surface area contributed by atoms with Gasteiger partial charge in [0.2, 0.25) is 0 Å². The molecule has 0 aliphatic heterocycles. The molecule has 0 atom stereocenters. The summed E-state index contributed by atoms with van der Waals surface area (Å²) >= 11 is 0. The summed E-state index contributed by atoms with van der Waals surface area (Å²) in [6.45, 7) is 0. The lowest BCUT2D eigenvalue weighted by Crippen LogP contribution is -1.65. The van der Waals surface area contributed by atoms with Gasteiger partial charge in [0.15, 0.2) is 0 Å². The Balaban J connectivity index is 2.51. The fourth-order valence-electron chi connectivity index (χ4n) is 0.585. The van der Waals surface area contributed by atoms with Crippen molar-refractivity contribution in [2.75, 3.05) is 0 Å². The molecular weight excluding hydrogens is 96.1 g/mol. The molecule has 1 aliphatic rings. The van der Waals surface area contributed by atoms with Crippen molar-refractivity contribution in [1.82, 2.24) is 0 Å². The van der Waals surface area contributed by atoms with E-state index in [0.29, 0.717) is 0 Å². The molecule has 0 nitrogen and oxygen atoms in total. The SMILES string of the molecule is C1=C[CH-]C=CCC=C1. The van der Waals surface area contributed by atoms with Crippen LogP contribution in [0.2, 0.25) is 0 Å². The lowest BCUT2D eigenvalue weighted by Gasteiger charge is -1.93. The lowest BCUT2D eigenvalue weighted by atomic mass is 10.2. The second-order valence-corrected chi connectivity index (χ2v) is 1.67. The first-order chi connectivity index (χ1) is 4.00. The molecule has 0 aromatic rings. The zero-order valence-corrected chi connectivity index (χ0v) is 4.75. The molecular formula is C8H9-. The highest BCUT2D eigenvalue weighted by molar-refractivity contribution is 5.17. The van der Waals surface area contributed by atoms with Crippen LogP contribution in [-0.2, 0) is 0 Å². The Morgan fingerprint density at radius 2 is 2.00 bits per heavy atom. The maximum atomic E-state index is 2.12. The van der Waals surface area contributed by atoms with E-state index in [2.05, 4.69) is 24.3 Å². The largest absolute Gasteiger partial charge is 0.176 e. The quantitative estimate of drug-likeness (QED) is 0.414. The molecule has 0 heteroatoms. The Kier molecular flexibility index (Phi) is 2.05. The van der Waals surface area contributed by atoms with Crippen molar-refractivity contribution in [2.45, 2.75) is 6.42 Å². The van der Waals surface area contributed by atoms with E-state index < -0.39 is 0 Å². The van der Waals surface area contributed by atoms with Crippen molar-refractivity contribution in [1.29, 1.82) is 0 Å². The van der Waals surface area contributed by atoms with Gasteiger partial charge in [0.1, 0.15) is 0 Å². The predicted molar refractivity (Wildman–Crippen MR) is 36.3 cm³/mol. The van der Waals surface area contributed by atoms with Crippen molar-refractivity contribution < 1.29 is 0 Å². The van der Waals surface area contributed by atoms with Crippen molar-refractivity contribution >= 4 is 0 Å². The normalized spacial score (nSPS) is 17.0.